The van der Waals surface area contributed by atoms with Gasteiger partial charge in [-0.2, -0.15) is 0 Å². The van der Waals surface area contributed by atoms with E-state index in [0.29, 0.717) is 30.7 Å². The molecule has 1 saturated carbocycles. The van der Waals surface area contributed by atoms with Crippen molar-refractivity contribution >= 4 is 23.9 Å². The van der Waals surface area contributed by atoms with E-state index in [2.05, 4.69) is 0 Å². The van der Waals surface area contributed by atoms with Crippen LogP contribution in [-0.2, 0) is 14.4 Å². The zero-order valence-corrected chi connectivity index (χ0v) is 16.8. The fourth-order valence-electron chi connectivity index (χ4n) is 4.31. The highest BCUT2D eigenvalue weighted by atomic mass is 16.7. The van der Waals surface area contributed by atoms with Gasteiger partial charge in [0.15, 0.2) is 0 Å². The Morgan fingerprint density at radius 1 is 1.03 bits per heavy atom. The van der Waals surface area contributed by atoms with Gasteiger partial charge in [-0.25, -0.2) is 9.59 Å². The lowest BCUT2D eigenvalue weighted by molar-refractivity contribution is -0.190. The van der Waals surface area contributed by atoms with Crippen LogP contribution < -0.4 is 0 Å². The van der Waals surface area contributed by atoms with E-state index in [0.717, 1.165) is 0 Å². The standard InChI is InChI=1S/C21H24N2O6/c1-20(2,3)28-19(27)22-12-21(10-8-13(22)9-11-21)18(26)29-23-16(24)14-6-4-5-7-15(14)17(23)25/h4-7,13H,8-12H2,1-3H3. The van der Waals surface area contributed by atoms with Crippen LogP contribution in [0.1, 0.15) is 67.2 Å². The number of piperidine rings is 2. The highest BCUT2D eigenvalue weighted by Gasteiger charge is 2.54. The lowest BCUT2D eigenvalue weighted by atomic mass is 9.68. The van der Waals surface area contributed by atoms with Crippen molar-refractivity contribution in [1.29, 1.82) is 0 Å². The molecular formula is C21H24N2O6. The first-order valence-corrected chi connectivity index (χ1v) is 9.81. The lowest BCUT2D eigenvalue weighted by Gasteiger charge is -2.50. The van der Waals surface area contributed by atoms with Gasteiger partial charge >= 0.3 is 12.1 Å². The summed E-state index contributed by atoms with van der Waals surface area (Å²) in [5.74, 6) is -1.95. The van der Waals surface area contributed by atoms with Gasteiger partial charge in [-0.05, 0) is 58.6 Å². The molecule has 1 aliphatic carbocycles. The van der Waals surface area contributed by atoms with Crippen LogP contribution in [-0.4, -0.2) is 52.0 Å². The van der Waals surface area contributed by atoms with Crippen LogP contribution >= 0.6 is 0 Å². The summed E-state index contributed by atoms with van der Waals surface area (Å²) in [6, 6.07) is 6.37. The number of carbonyl (C=O) groups is 4. The largest absolute Gasteiger partial charge is 0.444 e. The maximum absolute atomic E-state index is 13.1. The fraction of sp³-hybridized carbons (Fsp3) is 0.524. The fourth-order valence-corrected chi connectivity index (χ4v) is 4.31. The molecule has 2 saturated heterocycles. The molecule has 5 rings (SSSR count). The Hall–Kier alpha value is -2.90. The molecule has 1 aromatic rings. The Labute approximate surface area is 168 Å². The van der Waals surface area contributed by atoms with Crippen molar-refractivity contribution in [1.82, 2.24) is 9.96 Å². The van der Waals surface area contributed by atoms with Crippen LogP contribution in [0.25, 0.3) is 0 Å². The molecule has 0 spiro atoms. The predicted octanol–water partition coefficient (Wildman–Crippen LogP) is 2.92. The number of carbonyl (C=O) groups excluding carboxylic acids is 4. The molecule has 3 heterocycles. The predicted molar refractivity (Wildman–Crippen MR) is 101 cm³/mol. The smallest absolute Gasteiger partial charge is 0.410 e. The Morgan fingerprint density at radius 3 is 2.10 bits per heavy atom. The van der Waals surface area contributed by atoms with Gasteiger partial charge in [0.05, 0.1) is 16.5 Å². The van der Waals surface area contributed by atoms with Crippen LogP contribution in [0, 0.1) is 5.41 Å². The molecule has 0 unspecified atom stereocenters. The summed E-state index contributed by atoms with van der Waals surface area (Å²) in [6.07, 6.45) is 1.92. The third kappa shape index (κ3) is 3.26. The van der Waals surface area contributed by atoms with E-state index in [1.165, 1.54) is 12.1 Å². The molecule has 8 heteroatoms. The van der Waals surface area contributed by atoms with E-state index >= 15 is 0 Å². The number of ether oxygens (including phenoxy) is 1. The number of imide groups is 1. The van der Waals surface area contributed by atoms with Crippen molar-refractivity contribution in [3.05, 3.63) is 35.4 Å². The van der Waals surface area contributed by atoms with Gasteiger partial charge in [-0.1, -0.05) is 17.2 Å². The Balaban J connectivity index is 1.51. The lowest BCUT2D eigenvalue weighted by Crippen LogP contribution is -2.60. The highest BCUT2D eigenvalue weighted by molar-refractivity contribution is 6.20. The quantitative estimate of drug-likeness (QED) is 0.709. The van der Waals surface area contributed by atoms with Crippen LogP contribution in [0.2, 0.25) is 0 Å². The molecular weight excluding hydrogens is 376 g/mol. The number of hydrogen-bond donors (Lipinski definition) is 0. The second-order valence-electron chi connectivity index (χ2n) is 8.95. The van der Waals surface area contributed by atoms with Crippen molar-refractivity contribution < 1.29 is 28.8 Å². The number of fused-ring (bicyclic) bond motifs is 4. The molecule has 8 nitrogen and oxygen atoms in total. The first-order valence-electron chi connectivity index (χ1n) is 9.81. The summed E-state index contributed by atoms with van der Waals surface area (Å²) in [5, 5.41) is 0.542. The number of rotatable bonds is 2. The molecule has 3 aliphatic heterocycles. The summed E-state index contributed by atoms with van der Waals surface area (Å²) in [7, 11) is 0. The van der Waals surface area contributed by atoms with E-state index in [4.69, 9.17) is 9.57 Å². The summed E-state index contributed by atoms with van der Waals surface area (Å²) in [4.78, 5) is 57.6. The molecule has 29 heavy (non-hydrogen) atoms. The summed E-state index contributed by atoms with van der Waals surface area (Å²) < 4.78 is 5.48. The monoisotopic (exact) mass is 400 g/mol. The van der Waals surface area contributed by atoms with Gasteiger partial charge in [0.25, 0.3) is 11.8 Å². The zero-order chi connectivity index (χ0) is 21.0. The minimum atomic E-state index is -0.943. The average molecular weight is 400 g/mol. The van der Waals surface area contributed by atoms with Crippen molar-refractivity contribution in [2.45, 2.75) is 58.1 Å². The van der Waals surface area contributed by atoms with Crippen molar-refractivity contribution in [3.8, 4) is 0 Å². The number of benzene rings is 1. The van der Waals surface area contributed by atoms with E-state index in [-0.39, 0.29) is 23.7 Å². The summed E-state index contributed by atoms with van der Waals surface area (Å²) >= 11 is 0. The van der Waals surface area contributed by atoms with Gasteiger partial charge in [-0.15, -0.1) is 0 Å². The van der Waals surface area contributed by atoms with Crippen molar-refractivity contribution in [2.24, 2.45) is 5.41 Å². The molecule has 154 valence electrons. The van der Waals surface area contributed by atoms with E-state index in [9.17, 15) is 19.2 Å². The molecule has 0 aromatic heterocycles. The molecule has 0 atom stereocenters. The van der Waals surface area contributed by atoms with E-state index in [1.54, 1.807) is 37.8 Å². The van der Waals surface area contributed by atoms with Gasteiger partial charge in [0.1, 0.15) is 5.60 Å². The first-order chi connectivity index (χ1) is 13.6. The maximum Gasteiger partial charge on any atom is 0.410 e. The number of hydrogen-bond acceptors (Lipinski definition) is 6. The molecule has 2 bridgehead atoms. The van der Waals surface area contributed by atoms with Crippen LogP contribution in [0.5, 0.6) is 0 Å². The van der Waals surface area contributed by atoms with Crippen molar-refractivity contribution in [2.75, 3.05) is 6.54 Å². The maximum atomic E-state index is 13.1. The second kappa shape index (κ2) is 6.57. The van der Waals surface area contributed by atoms with Crippen LogP contribution in [0.4, 0.5) is 4.79 Å². The second-order valence-corrected chi connectivity index (χ2v) is 8.95. The number of hydroxylamine groups is 2. The molecule has 3 fully saturated rings. The first kappa shape index (κ1) is 19.4. The molecule has 0 N–H and O–H groups in total. The average Bonchev–Trinajstić information content (AvgIpc) is 2.92. The third-order valence-corrected chi connectivity index (χ3v) is 5.82. The molecule has 1 aromatic carbocycles. The normalized spacial score (nSPS) is 25.8. The van der Waals surface area contributed by atoms with Crippen molar-refractivity contribution in [3.63, 3.8) is 0 Å². The number of nitrogens with zero attached hydrogens (tertiary/aromatic N) is 2. The zero-order valence-electron chi connectivity index (χ0n) is 16.8. The van der Waals surface area contributed by atoms with E-state index in [1.807, 2.05) is 0 Å². The van der Waals surface area contributed by atoms with Crippen LogP contribution in [0.15, 0.2) is 24.3 Å². The Kier molecular flexibility index (Phi) is 4.40. The highest BCUT2D eigenvalue weighted by Crippen LogP contribution is 2.46. The number of amides is 3. The van der Waals surface area contributed by atoms with Gasteiger partial charge in [0.2, 0.25) is 0 Å². The van der Waals surface area contributed by atoms with Crippen LogP contribution in [0.3, 0.4) is 0 Å². The van der Waals surface area contributed by atoms with E-state index < -0.39 is 34.9 Å². The SMILES string of the molecule is CC(C)(C)OC(=O)N1CC2(C(=O)ON3C(=O)c4ccccc4C3=O)CCC1CC2. The summed E-state index contributed by atoms with van der Waals surface area (Å²) in [5.41, 5.74) is -1.15. The molecule has 3 amide bonds. The topological polar surface area (TPSA) is 93.2 Å². The molecule has 4 aliphatic rings. The summed E-state index contributed by atoms with van der Waals surface area (Å²) in [6.45, 7) is 5.53. The Morgan fingerprint density at radius 2 is 1.59 bits per heavy atom. The minimum absolute atomic E-state index is 0.0267. The van der Waals surface area contributed by atoms with Gasteiger partial charge < -0.3 is 14.5 Å². The Bertz CT molecular complexity index is 860. The van der Waals surface area contributed by atoms with Gasteiger partial charge in [0, 0.05) is 12.6 Å². The minimum Gasteiger partial charge on any atom is -0.444 e. The molecule has 0 radical (unpaired) electrons. The third-order valence-electron chi connectivity index (χ3n) is 5.82. The van der Waals surface area contributed by atoms with Gasteiger partial charge in [-0.3, -0.25) is 9.59 Å².